The summed E-state index contributed by atoms with van der Waals surface area (Å²) in [6.07, 6.45) is 2.93. The summed E-state index contributed by atoms with van der Waals surface area (Å²) in [4.78, 5) is 14.7. The van der Waals surface area contributed by atoms with Crippen LogP contribution in [0, 0.1) is 0 Å². The van der Waals surface area contributed by atoms with E-state index in [0.717, 1.165) is 31.5 Å². The lowest BCUT2D eigenvalue weighted by molar-refractivity contribution is -0.120. The Balaban J connectivity index is 1.76. The van der Waals surface area contributed by atoms with Crippen molar-refractivity contribution in [2.75, 3.05) is 24.7 Å². The molecule has 1 heterocycles. The maximum atomic E-state index is 12.8. The van der Waals surface area contributed by atoms with Gasteiger partial charge in [0.1, 0.15) is 0 Å². The molecule has 0 saturated carbocycles. The number of amides is 1. The van der Waals surface area contributed by atoms with Gasteiger partial charge in [0, 0.05) is 6.54 Å². The van der Waals surface area contributed by atoms with E-state index in [1.165, 1.54) is 11.1 Å². The van der Waals surface area contributed by atoms with Crippen LogP contribution in [-0.2, 0) is 17.6 Å². The number of anilines is 1. The number of nitrogens with zero attached hydrogens (tertiary/aromatic N) is 1. The van der Waals surface area contributed by atoms with Gasteiger partial charge in [-0.1, -0.05) is 37.3 Å². The third-order valence-electron chi connectivity index (χ3n) is 4.48. The van der Waals surface area contributed by atoms with Crippen LogP contribution < -0.4 is 14.4 Å². The molecule has 4 nitrogen and oxygen atoms in total. The zero-order valence-corrected chi connectivity index (χ0v) is 15.0. The highest BCUT2D eigenvalue weighted by molar-refractivity contribution is 5.96. The van der Waals surface area contributed by atoms with Crippen molar-refractivity contribution in [3.8, 4) is 11.5 Å². The number of ether oxygens (including phenoxy) is 2. The van der Waals surface area contributed by atoms with E-state index in [2.05, 4.69) is 25.1 Å². The van der Waals surface area contributed by atoms with Crippen molar-refractivity contribution in [3.05, 3.63) is 53.6 Å². The highest BCUT2D eigenvalue weighted by Gasteiger charge is 2.25. The third kappa shape index (κ3) is 3.78. The molecule has 0 N–H and O–H groups in total. The second-order valence-electron chi connectivity index (χ2n) is 6.10. The molecule has 0 atom stereocenters. The number of benzene rings is 2. The van der Waals surface area contributed by atoms with Crippen molar-refractivity contribution < 1.29 is 14.3 Å². The minimum atomic E-state index is -0.00634. The van der Waals surface area contributed by atoms with Crippen LogP contribution in [-0.4, -0.2) is 25.7 Å². The van der Waals surface area contributed by atoms with Gasteiger partial charge in [-0.3, -0.25) is 4.79 Å². The average Bonchev–Trinajstić information content (AvgIpc) is 2.66. The molecule has 132 valence electrons. The van der Waals surface area contributed by atoms with Crippen molar-refractivity contribution >= 4 is 11.6 Å². The molecule has 1 amide bonds. The van der Waals surface area contributed by atoms with E-state index in [9.17, 15) is 4.79 Å². The molecule has 0 radical (unpaired) electrons. The molecule has 1 aliphatic heterocycles. The van der Waals surface area contributed by atoms with Gasteiger partial charge >= 0.3 is 0 Å². The van der Waals surface area contributed by atoms with E-state index < -0.39 is 0 Å². The lowest BCUT2D eigenvalue weighted by Crippen LogP contribution is -2.39. The molecule has 25 heavy (non-hydrogen) atoms. The maximum absolute atomic E-state index is 12.8. The maximum Gasteiger partial charge on any atom is 0.264 e. The molecule has 4 heteroatoms. The number of carbonyl (C=O) groups is 1. The Bertz CT molecular complexity index is 727. The van der Waals surface area contributed by atoms with Gasteiger partial charge < -0.3 is 14.4 Å². The van der Waals surface area contributed by atoms with Crippen LogP contribution in [0.5, 0.6) is 11.5 Å². The fourth-order valence-corrected chi connectivity index (χ4v) is 3.33. The standard InChI is InChI=1S/C21H25NO3/c1-3-16-9-7-10-17-11-8-14-22(21(16)17)20(23)15-25-19-13-6-5-12-18(19)24-4-2/h5-7,9-10,12-13H,3-4,8,11,14-15H2,1-2H3. The van der Waals surface area contributed by atoms with Crippen molar-refractivity contribution in [2.45, 2.75) is 33.1 Å². The second kappa shape index (κ2) is 8.06. The summed E-state index contributed by atoms with van der Waals surface area (Å²) < 4.78 is 11.3. The Morgan fingerprint density at radius 1 is 1.04 bits per heavy atom. The van der Waals surface area contributed by atoms with Crippen LogP contribution in [0.4, 0.5) is 5.69 Å². The highest BCUT2D eigenvalue weighted by Crippen LogP contribution is 2.32. The van der Waals surface area contributed by atoms with Gasteiger partial charge in [-0.2, -0.15) is 0 Å². The molecule has 1 aliphatic rings. The summed E-state index contributed by atoms with van der Waals surface area (Å²) in [5, 5.41) is 0. The van der Waals surface area contributed by atoms with Gasteiger partial charge in [0.05, 0.1) is 12.3 Å². The van der Waals surface area contributed by atoms with Gasteiger partial charge in [-0.15, -0.1) is 0 Å². The third-order valence-corrected chi connectivity index (χ3v) is 4.48. The fourth-order valence-electron chi connectivity index (χ4n) is 3.33. The van der Waals surface area contributed by atoms with Gasteiger partial charge in [0.15, 0.2) is 18.1 Å². The number of hydrogen-bond acceptors (Lipinski definition) is 3. The zero-order chi connectivity index (χ0) is 17.6. The number of para-hydroxylation sites is 3. The van der Waals surface area contributed by atoms with E-state index >= 15 is 0 Å². The highest BCUT2D eigenvalue weighted by atomic mass is 16.5. The molecule has 0 unspecified atom stereocenters. The van der Waals surface area contributed by atoms with Crippen LogP contribution in [0.3, 0.4) is 0 Å². The molecule has 0 fully saturated rings. The molecule has 0 spiro atoms. The molecule has 0 aliphatic carbocycles. The SMILES string of the molecule is CCOc1ccccc1OCC(=O)N1CCCc2cccc(CC)c21. The summed E-state index contributed by atoms with van der Waals surface area (Å²) in [5.41, 5.74) is 3.57. The van der Waals surface area contributed by atoms with E-state index in [1.54, 1.807) is 0 Å². The van der Waals surface area contributed by atoms with Crippen LogP contribution in [0.25, 0.3) is 0 Å². The minimum Gasteiger partial charge on any atom is -0.490 e. The molecule has 0 bridgehead atoms. The van der Waals surface area contributed by atoms with Crippen molar-refractivity contribution in [1.82, 2.24) is 0 Å². The van der Waals surface area contributed by atoms with Gasteiger partial charge in [-0.25, -0.2) is 0 Å². The van der Waals surface area contributed by atoms with E-state index in [4.69, 9.17) is 9.47 Å². The number of fused-ring (bicyclic) bond motifs is 1. The molecule has 0 saturated heterocycles. The molecule has 3 rings (SSSR count). The second-order valence-corrected chi connectivity index (χ2v) is 6.10. The summed E-state index contributed by atoms with van der Waals surface area (Å²) in [6, 6.07) is 13.8. The Kier molecular flexibility index (Phi) is 5.59. The summed E-state index contributed by atoms with van der Waals surface area (Å²) in [5.74, 6) is 1.28. The molecule has 2 aromatic carbocycles. The Hall–Kier alpha value is -2.49. The number of hydrogen-bond donors (Lipinski definition) is 0. The van der Waals surface area contributed by atoms with Gasteiger partial charge in [0.25, 0.3) is 5.91 Å². The average molecular weight is 339 g/mol. The first-order valence-electron chi connectivity index (χ1n) is 9.00. The van der Waals surface area contributed by atoms with Gasteiger partial charge in [-0.05, 0) is 49.4 Å². The normalized spacial score (nSPS) is 13.3. The van der Waals surface area contributed by atoms with Crippen LogP contribution in [0.1, 0.15) is 31.4 Å². The molecule has 0 aromatic heterocycles. The Morgan fingerprint density at radius 3 is 2.52 bits per heavy atom. The lowest BCUT2D eigenvalue weighted by atomic mass is 9.96. The topological polar surface area (TPSA) is 38.8 Å². The molecular weight excluding hydrogens is 314 g/mol. The molecular formula is C21H25NO3. The monoisotopic (exact) mass is 339 g/mol. The minimum absolute atomic E-state index is 0.00634. The van der Waals surface area contributed by atoms with Gasteiger partial charge in [0.2, 0.25) is 0 Å². The predicted molar refractivity (Wildman–Crippen MR) is 99.6 cm³/mol. The summed E-state index contributed by atoms with van der Waals surface area (Å²) in [7, 11) is 0. The zero-order valence-electron chi connectivity index (χ0n) is 15.0. The first-order chi connectivity index (χ1) is 12.2. The Morgan fingerprint density at radius 2 is 1.80 bits per heavy atom. The van der Waals surface area contributed by atoms with Crippen molar-refractivity contribution in [1.29, 1.82) is 0 Å². The Labute approximate surface area is 149 Å². The van der Waals surface area contributed by atoms with Crippen LogP contribution in [0.15, 0.2) is 42.5 Å². The van der Waals surface area contributed by atoms with E-state index in [-0.39, 0.29) is 12.5 Å². The fraction of sp³-hybridized carbons (Fsp3) is 0.381. The first-order valence-corrected chi connectivity index (χ1v) is 9.00. The molecule has 2 aromatic rings. The largest absolute Gasteiger partial charge is 0.490 e. The number of rotatable bonds is 6. The van der Waals surface area contributed by atoms with E-state index in [0.29, 0.717) is 18.1 Å². The number of carbonyl (C=O) groups excluding carboxylic acids is 1. The first kappa shape index (κ1) is 17.3. The predicted octanol–water partition coefficient (Wildman–Crippen LogP) is 4.01. The summed E-state index contributed by atoms with van der Waals surface area (Å²) in [6.45, 7) is 5.38. The van der Waals surface area contributed by atoms with E-state index in [1.807, 2.05) is 36.1 Å². The van der Waals surface area contributed by atoms with Crippen molar-refractivity contribution in [3.63, 3.8) is 0 Å². The van der Waals surface area contributed by atoms with Crippen LogP contribution >= 0.6 is 0 Å². The number of aryl methyl sites for hydroxylation is 2. The van der Waals surface area contributed by atoms with Crippen molar-refractivity contribution in [2.24, 2.45) is 0 Å². The van der Waals surface area contributed by atoms with Crippen LogP contribution in [0.2, 0.25) is 0 Å². The quantitative estimate of drug-likeness (QED) is 0.798. The smallest absolute Gasteiger partial charge is 0.264 e. The summed E-state index contributed by atoms with van der Waals surface area (Å²) >= 11 is 0. The lowest BCUT2D eigenvalue weighted by Gasteiger charge is -2.31.